The molecule has 2 aliphatic heterocycles. The van der Waals surface area contributed by atoms with Gasteiger partial charge in [-0.05, 0) is 43.0 Å². The summed E-state index contributed by atoms with van der Waals surface area (Å²) in [7, 11) is -3.50. The van der Waals surface area contributed by atoms with Gasteiger partial charge < -0.3 is 9.64 Å². The maximum absolute atomic E-state index is 12.9. The predicted molar refractivity (Wildman–Crippen MR) is 83.0 cm³/mol. The highest BCUT2D eigenvalue weighted by molar-refractivity contribution is 7.89. The molecule has 0 aliphatic carbocycles. The highest BCUT2D eigenvalue weighted by Gasteiger charge is 2.40. The maximum atomic E-state index is 12.9. The first kappa shape index (κ1) is 16.4. The van der Waals surface area contributed by atoms with Crippen LogP contribution in [0.5, 0.6) is 0 Å². The van der Waals surface area contributed by atoms with Crippen LogP contribution in [-0.4, -0.2) is 45.9 Å². The summed E-state index contributed by atoms with van der Waals surface area (Å²) in [4.78, 5) is 13.5. The molecule has 1 unspecified atom stereocenters. The first-order valence-corrected chi connectivity index (χ1v) is 9.24. The lowest BCUT2D eigenvalue weighted by molar-refractivity contribution is -0.124. The second-order valence-corrected chi connectivity index (χ2v) is 7.73. The summed E-state index contributed by atoms with van der Waals surface area (Å²) in [5.74, 6) is -0.594. The quantitative estimate of drug-likeness (QED) is 0.806. The average Bonchev–Trinajstić information content (AvgIpc) is 2.52. The third-order valence-corrected chi connectivity index (χ3v) is 5.74. The number of benzene rings is 1. The summed E-state index contributed by atoms with van der Waals surface area (Å²) in [6.07, 6.45) is 1.45. The smallest absolute Gasteiger partial charge is 0.247 e. The van der Waals surface area contributed by atoms with Gasteiger partial charge in [0.1, 0.15) is 11.9 Å². The van der Waals surface area contributed by atoms with Crippen molar-refractivity contribution < 1.29 is 22.3 Å². The predicted octanol–water partition coefficient (Wildman–Crippen LogP) is 0.887. The van der Waals surface area contributed by atoms with E-state index in [9.17, 15) is 17.6 Å². The normalized spacial score (nSPS) is 22.9. The minimum atomic E-state index is -3.50. The molecule has 6 nitrogen and oxygen atoms in total. The Labute approximate surface area is 134 Å². The van der Waals surface area contributed by atoms with E-state index in [4.69, 9.17) is 4.74 Å². The number of rotatable bonds is 5. The SMILES string of the molecule is O=C1C(NS(=O)(=O)CC2CCOCC2)CN1c1ccc(F)cc1. The molecule has 3 rings (SSSR count). The Balaban J connectivity index is 1.55. The third-order valence-electron chi connectivity index (χ3n) is 4.19. The number of carbonyl (C=O) groups excluding carboxylic acids is 1. The molecule has 1 amide bonds. The molecule has 1 aromatic rings. The summed E-state index contributed by atoms with van der Waals surface area (Å²) in [5, 5.41) is 0. The van der Waals surface area contributed by atoms with Crippen molar-refractivity contribution in [2.75, 3.05) is 30.4 Å². The number of β-lactam (4-membered cyclic amide) rings is 1. The standard InChI is InChI=1S/C15H19FN2O4S/c16-12-1-3-13(4-2-12)18-9-14(15(18)19)17-23(20,21)10-11-5-7-22-8-6-11/h1-4,11,14,17H,5-10H2. The molecule has 2 heterocycles. The molecule has 0 saturated carbocycles. The van der Waals surface area contributed by atoms with Crippen molar-refractivity contribution in [1.29, 1.82) is 0 Å². The van der Waals surface area contributed by atoms with E-state index in [-0.39, 0.29) is 29.9 Å². The van der Waals surface area contributed by atoms with Crippen LogP contribution in [0.4, 0.5) is 10.1 Å². The Morgan fingerprint density at radius 2 is 1.87 bits per heavy atom. The molecule has 2 saturated heterocycles. The van der Waals surface area contributed by atoms with Crippen LogP contribution in [0.15, 0.2) is 24.3 Å². The van der Waals surface area contributed by atoms with E-state index in [2.05, 4.69) is 4.72 Å². The van der Waals surface area contributed by atoms with Gasteiger partial charge in [0.05, 0.1) is 12.3 Å². The number of halogens is 1. The fraction of sp³-hybridized carbons (Fsp3) is 0.533. The Morgan fingerprint density at radius 1 is 1.22 bits per heavy atom. The van der Waals surface area contributed by atoms with Crippen LogP contribution in [0.3, 0.4) is 0 Å². The molecular weight excluding hydrogens is 323 g/mol. The molecule has 0 aromatic heterocycles. The van der Waals surface area contributed by atoms with Gasteiger partial charge in [-0.2, -0.15) is 0 Å². The number of hydrogen-bond acceptors (Lipinski definition) is 4. The summed E-state index contributed by atoms with van der Waals surface area (Å²) >= 11 is 0. The second kappa shape index (κ2) is 6.54. The summed E-state index contributed by atoms with van der Waals surface area (Å²) < 4.78 is 44.9. The highest BCUT2D eigenvalue weighted by atomic mass is 32.2. The zero-order valence-corrected chi connectivity index (χ0v) is 13.4. The average molecular weight is 342 g/mol. The number of amides is 1. The lowest BCUT2D eigenvalue weighted by Crippen LogP contribution is -2.64. The molecule has 126 valence electrons. The van der Waals surface area contributed by atoms with Crippen LogP contribution in [-0.2, 0) is 19.6 Å². The number of anilines is 1. The van der Waals surface area contributed by atoms with Crippen molar-refractivity contribution >= 4 is 21.6 Å². The van der Waals surface area contributed by atoms with Crippen molar-refractivity contribution in [3.05, 3.63) is 30.1 Å². The van der Waals surface area contributed by atoms with Gasteiger partial charge in [0, 0.05) is 18.9 Å². The molecule has 0 radical (unpaired) electrons. The van der Waals surface area contributed by atoms with E-state index in [1.165, 1.54) is 29.2 Å². The van der Waals surface area contributed by atoms with Crippen LogP contribution < -0.4 is 9.62 Å². The van der Waals surface area contributed by atoms with Gasteiger partial charge in [0.2, 0.25) is 15.9 Å². The van der Waals surface area contributed by atoms with Gasteiger partial charge in [-0.25, -0.2) is 17.5 Å². The van der Waals surface area contributed by atoms with Gasteiger partial charge >= 0.3 is 0 Å². The second-order valence-electron chi connectivity index (χ2n) is 5.93. The number of nitrogens with zero attached hydrogens (tertiary/aromatic N) is 1. The summed E-state index contributed by atoms with van der Waals surface area (Å²) in [6.45, 7) is 1.43. The number of nitrogens with one attached hydrogen (secondary N) is 1. The van der Waals surface area contributed by atoms with Crippen molar-refractivity contribution in [2.45, 2.75) is 18.9 Å². The van der Waals surface area contributed by atoms with Crippen molar-refractivity contribution in [3.63, 3.8) is 0 Å². The van der Waals surface area contributed by atoms with Crippen molar-refractivity contribution in [1.82, 2.24) is 4.72 Å². The molecule has 0 bridgehead atoms. The molecule has 2 aliphatic rings. The van der Waals surface area contributed by atoms with E-state index in [0.717, 1.165) is 12.8 Å². The number of sulfonamides is 1. The molecule has 0 spiro atoms. The Kier molecular flexibility index (Phi) is 4.65. The van der Waals surface area contributed by atoms with Crippen molar-refractivity contribution in [2.24, 2.45) is 5.92 Å². The zero-order valence-electron chi connectivity index (χ0n) is 12.6. The molecular formula is C15H19FN2O4S. The lowest BCUT2D eigenvalue weighted by atomic mass is 10.0. The van der Waals surface area contributed by atoms with Gasteiger partial charge in [0.25, 0.3) is 0 Å². The van der Waals surface area contributed by atoms with Crippen LogP contribution >= 0.6 is 0 Å². The summed E-state index contributed by atoms with van der Waals surface area (Å²) in [5.41, 5.74) is 0.566. The van der Waals surface area contributed by atoms with E-state index in [0.29, 0.717) is 18.9 Å². The van der Waals surface area contributed by atoms with E-state index in [1.54, 1.807) is 0 Å². The monoisotopic (exact) mass is 342 g/mol. The number of carbonyl (C=O) groups is 1. The maximum Gasteiger partial charge on any atom is 0.247 e. The van der Waals surface area contributed by atoms with Crippen LogP contribution in [0, 0.1) is 11.7 Å². The fourth-order valence-electron chi connectivity index (χ4n) is 2.86. The number of hydrogen-bond donors (Lipinski definition) is 1. The highest BCUT2D eigenvalue weighted by Crippen LogP contribution is 2.23. The number of ether oxygens (including phenoxy) is 1. The molecule has 2 fully saturated rings. The van der Waals surface area contributed by atoms with Crippen LogP contribution in [0.1, 0.15) is 12.8 Å². The molecule has 23 heavy (non-hydrogen) atoms. The Morgan fingerprint density at radius 3 is 2.48 bits per heavy atom. The topological polar surface area (TPSA) is 75.7 Å². The zero-order chi connectivity index (χ0) is 16.4. The molecule has 1 atom stereocenters. The van der Waals surface area contributed by atoms with Gasteiger partial charge in [0.15, 0.2) is 0 Å². The molecule has 1 aromatic carbocycles. The van der Waals surface area contributed by atoms with Crippen molar-refractivity contribution in [3.8, 4) is 0 Å². The van der Waals surface area contributed by atoms with Gasteiger partial charge in [-0.15, -0.1) is 0 Å². The largest absolute Gasteiger partial charge is 0.381 e. The van der Waals surface area contributed by atoms with E-state index >= 15 is 0 Å². The van der Waals surface area contributed by atoms with E-state index < -0.39 is 16.1 Å². The minimum Gasteiger partial charge on any atom is -0.381 e. The molecule has 1 N–H and O–H groups in total. The van der Waals surface area contributed by atoms with Crippen LogP contribution in [0.25, 0.3) is 0 Å². The lowest BCUT2D eigenvalue weighted by Gasteiger charge is -2.38. The Bertz CT molecular complexity index is 671. The fourth-order valence-corrected chi connectivity index (χ4v) is 4.51. The Hall–Kier alpha value is -1.51. The third kappa shape index (κ3) is 3.88. The van der Waals surface area contributed by atoms with Gasteiger partial charge in [-0.1, -0.05) is 0 Å². The van der Waals surface area contributed by atoms with Crippen LogP contribution in [0.2, 0.25) is 0 Å². The first-order chi connectivity index (χ1) is 10.9. The molecule has 8 heteroatoms. The first-order valence-electron chi connectivity index (χ1n) is 7.59. The minimum absolute atomic E-state index is 0.0245. The van der Waals surface area contributed by atoms with Gasteiger partial charge in [-0.3, -0.25) is 4.79 Å². The van der Waals surface area contributed by atoms with E-state index in [1.807, 2.05) is 0 Å². The summed E-state index contributed by atoms with van der Waals surface area (Å²) in [6, 6.07) is 4.81.